The molecule has 0 aliphatic heterocycles. The van der Waals surface area contributed by atoms with E-state index < -0.39 is 10.0 Å². The van der Waals surface area contributed by atoms with E-state index in [-0.39, 0.29) is 11.8 Å². The van der Waals surface area contributed by atoms with E-state index >= 15 is 0 Å². The highest BCUT2D eigenvalue weighted by Crippen LogP contribution is 2.19. The van der Waals surface area contributed by atoms with Crippen LogP contribution in [-0.2, 0) is 28.7 Å². The summed E-state index contributed by atoms with van der Waals surface area (Å²) in [7, 11) is 0.102. The lowest BCUT2D eigenvalue weighted by Gasteiger charge is -2.13. The summed E-state index contributed by atoms with van der Waals surface area (Å²) in [6.45, 7) is 6.98. The van der Waals surface area contributed by atoms with Crippen molar-refractivity contribution in [1.82, 2.24) is 15.4 Å². The molecule has 3 N–H and O–H groups in total. The molecule has 0 atom stereocenters. The molecule has 0 heterocycles. The maximum atomic E-state index is 12.1. The van der Waals surface area contributed by atoms with Crippen LogP contribution in [0.25, 0.3) is 0 Å². The van der Waals surface area contributed by atoms with Gasteiger partial charge in [0.1, 0.15) is 5.75 Å². The Balaban J connectivity index is 1.81. The summed E-state index contributed by atoms with van der Waals surface area (Å²) in [6.07, 6.45) is 0.852. The lowest BCUT2D eigenvalue weighted by Crippen LogP contribution is -2.37. The van der Waals surface area contributed by atoms with Crippen molar-refractivity contribution in [2.24, 2.45) is 4.99 Å². The Morgan fingerprint density at radius 2 is 1.68 bits per heavy atom. The predicted octanol–water partition coefficient (Wildman–Crippen LogP) is 2.74. The first-order valence-corrected chi connectivity index (χ1v) is 12.0. The van der Waals surface area contributed by atoms with E-state index in [0.717, 1.165) is 35.4 Å². The maximum absolute atomic E-state index is 12.1. The minimum Gasteiger partial charge on any atom is -0.496 e. The second kappa shape index (κ2) is 11.7. The highest BCUT2D eigenvalue weighted by atomic mass is 32.2. The fourth-order valence-corrected chi connectivity index (χ4v) is 4.56. The van der Waals surface area contributed by atoms with Gasteiger partial charge in [0.25, 0.3) is 0 Å². The van der Waals surface area contributed by atoms with Gasteiger partial charge in [0.15, 0.2) is 5.96 Å². The molecule has 0 radical (unpaired) electrons. The molecule has 0 saturated carbocycles. The third kappa shape index (κ3) is 8.59. The number of rotatable bonds is 10. The Kier molecular flexibility index (Phi) is 9.33. The highest BCUT2D eigenvalue weighted by molar-refractivity contribution is 7.88. The van der Waals surface area contributed by atoms with Gasteiger partial charge < -0.3 is 15.4 Å². The normalized spacial score (nSPS) is 12.1. The van der Waals surface area contributed by atoms with Crippen molar-refractivity contribution in [3.05, 3.63) is 64.7 Å². The molecular weight excluding hydrogens is 412 g/mol. The zero-order valence-electron chi connectivity index (χ0n) is 19.0. The van der Waals surface area contributed by atoms with Gasteiger partial charge in [-0.25, -0.2) is 13.1 Å². The number of methoxy groups -OCH3 is 1. The lowest BCUT2D eigenvalue weighted by molar-refractivity contribution is 0.411. The number of benzene rings is 2. The summed E-state index contributed by atoms with van der Waals surface area (Å²) < 4.78 is 32.1. The smallest absolute Gasteiger partial charge is 0.216 e. The standard InChI is InChI=1S/C23H34N4O3S/c1-17(2)27-31(28,29)16-21-10-8-20(9-11-21)15-26-23(24-4)25-13-12-19-7-6-18(3)22(14-19)30-5/h6-11,14,17,27H,12-13,15-16H2,1-5H3,(H2,24,25,26). The monoisotopic (exact) mass is 446 g/mol. The third-order valence-corrected chi connectivity index (χ3v) is 6.20. The van der Waals surface area contributed by atoms with Crippen molar-refractivity contribution in [3.8, 4) is 5.75 Å². The first kappa shape index (κ1) is 24.7. The van der Waals surface area contributed by atoms with Gasteiger partial charge >= 0.3 is 0 Å². The molecule has 0 aliphatic carbocycles. The number of nitrogens with zero attached hydrogens (tertiary/aromatic N) is 1. The highest BCUT2D eigenvalue weighted by Gasteiger charge is 2.12. The molecule has 2 rings (SSSR count). The van der Waals surface area contributed by atoms with E-state index in [9.17, 15) is 8.42 Å². The van der Waals surface area contributed by atoms with Gasteiger partial charge in [0, 0.05) is 26.2 Å². The van der Waals surface area contributed by atoms with Crippen molar-refractivity contribution in [2.45, 2.75) is 45.5 Å². The van der Waals surface area contributed by atoms with Crippen molar-refractivity contribution >= 4 is 16.0 Å². The van der Waals surface area contributed by atoms with Crippen LogP contribution in [0.4, 0.5) is 0 Å². The minimum atomic E-state index is -3.32. The minimum absolute atomic E-state index is 0.0219. The summed E-state index contributed by atoms with van der Waals surface area (Å²) in [5.74, 6) is 1.59. The molecule has 170 valence electrons. The number of nitrogens with one attached hydrogen (secondary N) is 3. The van der Waals surface area contributed by atoms with Crippen LogP contribution >= 0.6 is 0 Å². The molecule has 0 fully saturated rings. The van der Waals surface area contributed by atoms with Crippen LogP contribution in [0.15, 0.2) is 47.5 Å². The van der Waals surface area contributed by atoms with Gasteiger partial charge in [-0.2, -0.15) is 0 Å². The van der Waals surface area contributed by atoms with Crippen LogP contribution in [-0.4, -0.2) is 41.1 Å². The van der Waals surface area contributed by atoms with E-state index in [1.165, 1.54) is 5.56 Å². The van der Waals surface area contributed by atoms with Crippen molar-refractivity contribution in [3.63, 3.8) is 0 Å². The van der Waals surface area contributed by atoms with E-state index in [2.05, 4.69) is 38.5 Å². The summed E-state index contributed by atoms with van der Waals surface area (Å²) in [4.78, 5) is 4.26. The SMILES string of the molecule is CN=C(NCCc1ccc(C)c(OC)c1)NCc1ccc(CS(=O)(=O)NC(C)C)cc1. The Morgan fingerprint density at radius 1 is 1.03 bits per heavy atom. The first-order chi connectivity index (χ1) is 14.7. The molecule has 8 heteroatoms. The average Bonchev–Trinajstić information content (AvgIpc) is 2.71. The van der Waals surface area contributed by atoms with Gasteiger partial charge in [-0.3, -0.25) is 4.99 Å². The largest absolute Gasteiger partial charge is 0.496 e. The Bertz CT molecular complexity index is 971. The van der Waals surface area contributed by atoms with Crippen LogP contribution in [0.1, 0.15) is 36.1 Å². The zero-order chi connectivity index (χ0) is 22.9. The number of aliphatic imine (C=N–C) groups is 1. The lowest BCUT2D eigenvalue weighted by atomic mass is 10.1. The topological polar surface area (TPSA) is 91.8 Å². The fraction of sp³-hybridized carbons (Fsp3) is 0.435. The molecule has 0 spiro atoms. The third-order valence-electron chi connectivity index (χ3n) is 4.66. The summed E-state index contributed by atoms with van der Waals surface area (Å²) in [5.41, 5.74) is 4.12. The number of aryl methyl sites for hydroxylation is 1. The van der Waals surface area contributed by atoms with Crippen molar-refractivity contribution in [2.75, 3.05) is 20.7 Å². The van der Waals surface area contributed by atoms with Crippen molar-refractivity contribution in [1.29, 1.82) is 0 Å². The molecule has 2 aromatic rings. The zero-order valence-corrected chi connectivity index (χ0v) is 19.8. The average molecular weight is 447 g/mol. The molecule has 2 aromatic carbocycles. The first-order valence-electron chi connectivity index (χ1n) is 10.4. The maximum Gasteiger partial charge on any atom is 0.216 e. The molecule has 0 aliphatic rings. The Labute approximate surface area is 186 Å². The fourth-order valence-electron chi connectivity index (χ4n) is 3.13. The number of hydrogen-bond acceptors (Lipinski definition) is 4. The number of hydrogen-bond donors (Lipinski definition) is 3. The van der Waals surface area contributed by atoms with Gasteiger partial charge in [0.05, 0.1) is 12.9 Å². The quantitative estimate of drug-likeness (QED) is 0.386. The van der Waals surface area contributed by atoms with Crippen LogP contribution in [0, 0.1) is 6.92 Å². The molecule has 0 unspecified atom stereocenters. The second-order valence-electron chi connectivity index (χ2n) is 7.75. The summed E-state index contributed by atoms with van der Waals surface area (Å²) in [6, 6.07) is 13.7. The summed E-state index contributed by atoms with van der Waals surface area (Å²) in [5, 5.41) is 6.59. The van der Waals surface area contributed by atoms with Crippen LogP contribution < -0.4 is 20.1 Å². The predicted molar refractivity (Wildman–Crippen MR) is 127 cm³/mol. The molecular formula is C23H34N4O3S. The van der Waals surface area contributed by atoms with Gasteiger partial charge in [-0.15, -0.1) is 0 Å². The van der Waals surface area contributed by atoms with Crippen LogP contribution in [0.3, 0.4) is 0 Å². The van der Waals surface area contributed by atoms with E-state index in [4.69, 9.17) is 4.74 Å². The van der Waals surface area contributed by atoms with Crippen LogP contribution in [0.2, 0.25) is 0 Å². The molecule has 0 saturated heterocycles. The molecule has 0 amide bonds. The number of ether oxygens (including phenoxy) is 1. The van der Waals surface area contributed by atoms with E-state index in [1.807, 2.05) is 45.0 Å². The molecule has 31 heavy (non-hydrogen) atoms. The number of guanidine groups is 1. The van der Waals surface area contributed by atoms with Crippen molar-refractivity contribution < 1.29 is 13.2 Å². The van der Waals surface area contributed by atoms with Gasteiger partial charge in [-0.1, -0.05) is 36.4 Å². The second-order valence-corrected chi connectivity index (χ2v) is 9.51. The van der Waals surface area contributed by atoms with E-state index in [1.54, 1.807) is 14.2 Å². The number of sulfonamides is 1. The van der Waals surface area contributed by atoms with Crippen LogP contribution in [0.5, 0.6) is 5.75 Å². The molecule has 0 bridgehead atoms. The van der Waals surface area contributed by atoms with Gasteiger partial charge in [0.2, 0.25) is 10.0 Å². The molecule has 0 aromatic heterocycles. The Hall–Kier alpha value is -2.58. The van der Waals surface area contributed by atoms with E-state index in [0.29, 0.717) is 12.5 Å². The Morgan fingerprint density at radius 3 is 2.29 bits per heavy atom. The van der Waals surface area contributed by atoms with Gasteiger partial charge in [-0.05, 0) is 55.5 Å². The molecule has 7 nitrogen and oxygen atoms in total. The summed E-state index contributed by atoms with van der Waals surface area (Å²) >= 11 is 0.